The SMILES string of the molecule is C=C(C)Nc1ccc(C=N)c(CNC)c1. The Morgan fingerprint density at radius 3 is 2.80 bits per heavy atom. The van der Waals surface area contributed by atoms with Gasteiger partial charge in [-0.25, -0.2) is 0 Å². The van der Waals surface area contributed by atoms with Crippen LogP contribution in [0.2, 0.25) is 0 Å². The molecule has 80 valence electrons. The highest BCUT2D eigenvalue weighted by atomic mass is 14.9. The Morgan fingerprint density at radius 2 is 2.27 bits per heavy atom. The molecule has 0 amide bonds. The second-order valence-electron chi connectivity index (χ2n) is 3.49. The molecule has 0 unspecified atom stereocenters. The number of benzene rings is 1. The molecule has 1 aromatic rings. The van der Waals surface area contributed by atoms with Gasteiger partial charge in [0, 0.05) is 24.1 Å². The van der Waals surface area contributed by atoms with E-state index >= 15 is 0 Å². The van der Waals surface area contributed by atoms with Crippen LogP contribution in [0.3, 0.4) is 0 Å². The van der Waals surface area contributed by atoms with Crippen molar-refractivity contribution in [3.8, 4) is 0 Å². The van der Waals surface area contributed by atoms with Gasteiger partial charge >= 0.3 is 0 Å². The van der Waals surface area contributed by atoms with Gasteiger partial charge in [0.05, 0.1) is 0 Å². The van der Waals surface area contributed by atoms with Crippen molar-refractivity contribution in [3.63, 3.8) is 0 Å². The number of hydrogen-bond acceptors (Lipinski definition) is 3. The van der Waals surface area contributed by atoms with Gasteiger partial charge in [-0.2, -0.15) is 0 Å². The van der Waals surface area contributed by atoms with Crippen molar-refractivity contribution in [2.45, 2.75) is 13.5 Å². The van der Waals surface area contributed by atoms with E-state index in [4.69, 9.17) is 5.41 Å². The lowest BCUT2D eigenvalue weighted by atomic mass is 10.1. The molecule has 0 aliphatic heterocycles. The molecular formula is C12H17N3. The highest BCUT2D eigenvalue weighted by Gasteiger charge is 2.01. The average molecular weight is 203 g/mol. The summed E-state index contributed by atoms with van der Waals surface area (Å²) in [5.41, 5.74) is 3.97. The summed E-state index contributed by atoms with van der Waals surface area (Å²) in [6, 6.07) is 5.92. The van der Waals surface area contributed by atoms with E-state index in [-0.39, 0.29) is 0 Å². The molecule has 0 bridgehead atoms. The van der Waals surface area contributed by atoms with Crippen LogP contribution in [0.25, 0.3) is 0 Å². The van der Waals surface area contributed by atoms with Gasteiger partial charge in [0.1, 0.15) is 0 Å². The van der Waals surface area contributed by atoms with Crippen LogP contribution in [-0.4, -0.2) is 13.3 Å². The second kappa shape index (κ2) is 5.32. The molecule has 0 saturated carbocycles. The number of anilines is 1. The summed E-state index contributed by atoms with van der Waals surface area (Å²) in [6.45, 7) is 6.48. The van der Waals surface area contributed by atoms with Crippen LogP contribution in [0.15, 0.2) is 30.5 Å². The van der Waals surface area contributed by atoms with Crippen LogP contribution in [-0.2, 0) is 6.54 Å². The van der Waals surface area contributed by atoms with Gasteiger partial charge in [-0.05, 0) is 37.2 Å². The average Bonchev–Trinajstić information content (AvgIpc) is 2.18. The van der Waals surface area contributed by atoms with E-state index < -0.39 is 0 Å². The molecule has 0 heterocycles. The zero-order chi connectivity index (χ0) is 11.3. The number of nitrogens with one attached hydrogen (secondary N) is 3. The predicted octanol–water partition coefficient (Wildman–Crippen LogP) is 2.35. The summed E-state index contributed by atoms with van der Waals surface area (Å²) >= 11 is 0. The normalized spacial score (nSPS) is 9.73. The van der Waals surface area contributed by atoms with Crippen molar-refractivity contribution in [1.82, 2.24) is 5.32 Å². The molecule has 3 nitrogen and oxygen atoms in total. The number of rotatable bonds is 5. The first kappa shape index (κ1) is 11.5. The Hall–Kier alpha value is -1.61. The van der Waals surface area contributed by atoms with Gasteiger partial charge < -0.3 is 16.0 Å². The molecule has 0 radical (unpaired) electrons. The summed E-state index contributed by atoms with van der Waals surface area (Å²) in [7, 11) is 1.90. The first-order valence-corrected chi connectivity index (χ1v) is 4.88. The Bertz CT molecular complexity index is 369. The molecule has 3 heteroatoms. The van der Waals surface area contributed by atoms with Gasteiger partial charge in [-0.3, -0.25) is 0 Å². The minimum absolute atomic E-state index is 0.760. The third-order valence-electron chi connectivity index (χ3n) is 2.02. The van der Waals surface area contributed by atoms with E-state index in [1.54, 1.807) is 0 Å². The second-order valence-corrected chi connectivity index (χ2v) is 3.49. The highest BCUT2D eigenvalue weighted by Crippen LogP contribution is 2.15. The summed E-state index contributed by atoms with van der Waals surface area (Å²) in [4.78, 5) is 0. The van der Waals surface area contributed by atoms with Gasteiger partial charge in [-0.15, -0.1) is 0 Å². The molecule has 0 fully saturated rings. The largest absolute Gasteiger partial charge is 0.360 e. The summed E-state index contributed by atoms with van der Waals surface area (Å²) in [6.07, 6.45) is 1.37. The molecular weight excluding hydrogens is 186 g/mol. The number of hydrogen-bond donors (Lipinski definition) is 3. The highest BCUT2D eigenvalue weighted by molar-refractivity contribution is 5.80. The molecule has 1 rings (SSSR count). The summed E-state index contributed by atoms with van der Waals surface area (Å²) < 4.78 is 0. The van der Waals surface area contributed by atoms with E-state index in [0.717, 1.165) is 29.1 Å². The zero-order valence-corrected chi connectivity index (χ0v) is 9.22. The minimum Gasteiger partial charge on any atom is -0.360 e. The van der Waals surface area contributed by atoms with Crippen LogP contribution in [0.5, 0.6) is 0 Å². The molecule has 0 aliphatic carbocycles. The zero-order valence-electron chi connectivity index (χ0n) is 9.22. The van der Waals surface area contributed by atoms with Crippen molar-refractivity contribution in [3.05, 3.63) is 41.6 Å². The maximum atomic E-state index is 7.28. The van der Waals surface area contributed by atoms with Crippen molar-refractivity contribution in [2.75, 3.05) is 12.4 Å². The molecule has 0 aliphatic rings. The Balaban J connectivity index is 2.98. The lowest BCUT2D eigenvalue weighted by Crippen LogP contribution is -2.08. The lowest BCUT2D eigenvalue weighted by Gasteiger charge is -2.10. The third kappa shape index (κ3) is 3.22. The van der Waals surface area contributed by atoms with E-state index in [1.807, 2.05) is 32.2 Å². The quantitative estimate of drug-likeness (QED) is 0.643. The Kier molecular flexibility index (Phi) is 4.06. The van der Waals surface area contributed by atoms with Gasteiger partial charge in [0.25, 0.3) is 0 Å². The van der Waals surface area contributed by atoms with Gasteiger partial charge in [0.15, 0.2) is 0 Å². The van der Waals surface area contributed by atoms with Crippen molar-refractivity contribution in [2.24, 2.45) is 0 Å². The standard InChI is InChI=1S/C12H17N3/c1-9(2)15-12-5-4-10(7-13)11(6-12)8-14-3/h4-7,13-15H,1,8H2,2-3H3. The molecule has 0 spiro atoms. The van der Waals surface area contributed by atoms with Crippen LogP contribution in [0.1, 0.15) is 18.1 Å². The summed E-state index contributed by atoms with van der Waals surface area (Å²) in [5, 5.41) is 13.5. The van der Waals surface area contributed by atoms with E-state index in [0.29, 0.717) is 0 Å². The number of allylic oxidation sites excluding steroid dienone is 1. The Morgan fingerprint density at radius 1 is 1.53 bits per heavy atom. The van der Waals surface area contributed by atoms with Crippen molar-refractivity contribution in [1.29, 1.82) is 5.41 Å². The van der Waals surface area contributed by atoms with Crippen molar-refractivity contribution >= 4 is 11.9 Å². The fourth-order valence-corrected chi connectivity index (χ4v) is 1.41. The van der Waals surface area contributed by atoms with E-state index in [2.05, 4.69) is 17.2 Å². The maximum Gasteiger partial charge on any atom is 0.0385 e. The van der Waals surface area contributed by atoms with Crippen LogP contribution < -0.4 is 10.6 Å². The lowest BCUT2D eigenvalue weighted by molar-refractivity contribution is 0.817. The minimum atomic E-state index is 0.760. The van der Waals surface area contributed by atoms with Crippen LogP contribution >= 0.6 is 0 Å². The van der Waals surface area contributed by atoms with Crippen LogP contribution in [0, 0.1) is 5.41 Å². The topological polar surface area (TPSA) is 47.9 Å². The molecule has 1 aromatic carbocycles. The van der Waals surface area contributed by atoms with E-state index in [1.165, 1.54) is 6.21 Å². The molecule has 3 N–H and O–H groups in total. The molecule has 0 aromatic heterocycles. The van der Waals surface area contributed by atoms with Crippen molar-refractivity contribution < 1.29 is 0 Å². The maximum absolute atomic E-state index is 7.28. The third-order valence-corrected chi connectivity index (χ3v) is 2.02. The predicted molar refractivity (Wildman–Crippen MR) is 65.5 cm³/mol. The fourth-order valence-electron chi connectivity index (χ4n) is 1.41. The first-order valence-electron chi connectivity index (χ1n) is 4.88. The van der Waals surface area contributed by atoms with Gasteiger partial charge in [0.2, 0.25) is 0 Å². The molecule has 0 atom stereocenters. The van der Waals surface area contributed by atoms with Crippen LogP contribution in [0.4, 0.5) is 5.69 Å². The molecule has 0 saturated heterocycles. The monoisotopic (exact) mass is 203 g/mol. The first-order chi connectivity index (χ1) is 7.17. The molecule has 15 heavy (non-hydrogen) atoms. The Labute approximate surface area is 90.7 Å². The summed E-state index contributed by atoms with van der Waals surface area (Å²) in [5.74, 6) is 0. The van der Waals surface area contributed by atoms with Gasteiger partial charge in [-0.1, -0.05) is 12.6 Å². The smallest absolute Gasteiger partial charge is 0.0385 e. The fraction of sp³-hybridized carbons (Fsp3) is 0.250. The van der Waals surface area contributed by atoms with E-state index in [9.17, 15) is 0 Å².